The second kappa shape index (κ2) is 6.06. The molecular formula is C14H16N4O. The van der Waals surface area contributed by atoms with Crippen molar-refractivity contribution in [2.45, 2.75) is 19.8 Å². The monoisotopic (exact) mass is 256 g/mol. The van der Waals surface area contributed by atoms with Crippen molar-refractivity contribution in [1.82, 2.24) is 15.4 Å². The summed E-state index contributed by atoms with van der Waals surface area (Å²) in [5.41, 5.74) is 5.12. The number of benzene rings is 1. The zero-order valence-electron chi connectivity index (χ0n) is 10.8. The molecule has 0 aliphatic rings. The molecule has 0 saturated carbocycles. The molecule has 1 heterocycles. The van der Waals surface area contributed by atoms with Crippen molar-refractivity contribution in [3.05, 3.63) is 47.9 Å². The van der Waals surface area contributed by atoms with Crippen molar-refractivity contribution < 1.29 is 4.79 Å². The van der Waals surface area contributed by atoms with Crippen LogP contribution in [0.4, 0.5) is 0 Å². The summed E-state index contributed by atoms with van der Waals surface area (Å²) in [6.07, 6.45) is 5.19. The molecule has 0 atom stereocenters. The van der Waals surface area contributed by atoms with Gasteiger partial charge in [0.15, 0.2) is 0 Å². The van der Waals surface area contributed by atoms with E-state index in [9.17, 15) is 4.79 Å². The summed E-state index contributed by atoms with van der Waals surface area (Å²) in [4.78, 5) is 19.6. The average molecular weight is 256 g/mol. The van der Waals surface area contributed by atoms with E-state index in [1.165, 1.54) is 11.8 Å². The first kappa shape index (κ1) is 13.2. The van der Waals surface area contributed by atoms with E-state index in [1.54, 1.807) is 6.20 Å². The SMILES string of the molecule is CCCc1ccc(-c2cncc(C(=O)NN)n2)cc1. The normalized spacial score (nSPS) is 10.2. The van der Waals surface area contributed by atoms with Crippen LogP contribution in [0.2, 0.25) is 0 Å². The van der Waals surface area contributed by atoms with Crippen LogP contribution in [0.1, 0.15) is 29.4 Å². The number of nitrogens with one attached hydrogen (secondary N) is 1. The Balaban J connectivity index is 2.28. The van der Waals surface area contributed by atoms with E-state index in [4.69, 9.17) is 5.84 Å². The highest BCUT2D eigenvalue weighted by atomic mass is 16.2. The number of nitrogens with two attached hydrogens (primary N) is 1. The minimum absolute atomic E-state index is 0.206. The van der Waals surface area contributed by atoms with E-state index in [-0.39, 0.29) is 5.69 Å². The Kier molecular flexibility index (Phi) is 4.20. The molecule has 5 heteroatoms. The molecule has 0 saturated heterocycles. The van der Waals surface area contributed by atoms with Gasteiger partial charge in [-0.3, -0.25) is 15.2 Å². The van der Waals surface area contributed by atoms with Gasteiger partial charge >= 0.3 is 0 Å². The van der Waals surface area contributed by atoms with Crippen LogP contribution >= 0.6 is 0 Å². The van der Waals surface area contributed by atoms with Crippen molar-refractivity contribution in [3.63, 3.8) is 0 Å². The number of aryl methyl sites for hydroxylation is 1. The molecule has 0 fully saturated rings. The summed E-state index contributed by atoms with van der Waals surface area (Å²) in [5.74, 6) is 4.63. The smallest absolute Gasteiger partial charge is 0.285 e. The quantitative estimate of drug-likeness (QED) is 0.495. The second-order valence-corrected chi connectivity index (χ2v) is 4.21. The fourth-order valence-electron chi connectivity index (χ4n) is 1.82. The number of hydrogen-bond donors (Lipinski definition) is 2. The van der Waals surface area contributed by atoms with Gasteiger partial charge in [0.2, 0.25) is 0 Å². The molecule has 2 rings (SSSR count). The summed E-state index contributed by atoms with van der Waals surface area (Å²) in [6, 6.07) is 8.10. The van der Waals surface area contributed by atoms with Crippen LogP contribution in [0.5, 0.6) is 0 Å². The molecular weight excluding hydrogens is 240 g/mol. The highest BCUT2D eigenvalue weighted by molar-refractivity contribution is 5.91. The molecule has 1 aromatic heterocycles. The number of hydrazine groups is 1. The molecule has 98 valence electrons. The molecule has 0 spiro atoms. The van der Waals surface area contributed by atoms with Crippen LogP contribution in [0.25, 0.3) is 11.3 Å². The molecule has 3 N–H and O–H groups in total. The van der Waals surface area contributed by atoms with Gasteiger partial charge in [-0.15, -0.1) is 0 Å². The highest BCUT2D eigenvalue weighted by Gasteiger charge is 2.08. The fourth-order valence-corrected chi connectivity index (χ4v) is 1.82. The van der Waals surface area contributed by atoms with Gasteiger partial charge in [-0.2, -0.15) is 0 Å². The largest absolute Gasteiger partial charge is 0.289 e. The molecule has 1 amide bonds. The van der Waals surface area contributed by atoms with Crippen LogP contribution < -0.4 is 11.3 Å². The number of nitrogen functional groups attached to an aromatic ring is 1. The van der Waals surface area contributed by atoms with Gasteiger partial charge in [-0.25, -0.2) is 10.8 Å². The first-order valence-corrected chi connectivity index (χ1v) is 6.17. The van der Waals surface area contributed by atoms with E-state index in [2.05, 4.69) is 29.0 Å². The predicted octanol–water partition coefficient (Wildman–Crippen LogP) is 1.70. The Morgan fingerprint density at radius 2 is 2.00 bits per heavy atom. The Morgan fingerprint density at radius 1 is 1.26 bits per heavy atom. The molecule has 1 aromatic carbocycles. The van der Waals surface area contributed by atoms with Gasteiger partial charge in [-0.05, 0) is 12.0 Å². The molecule has 0 radical (unpaired) electrons. The number of hydrogen-bond acceptors (Lipinski definition) is 4. The summed E-state index contributed by atoms with van der Waals surface area (Å²) in [5, 5.41) is 0. The van der Waals surface area contributed by atoms with E-state index >= 15 is 0 Å². The molecule has 0 bridgehead atoms. The Morgan fingerprint density at radius 3 is 2.63 bits per heavy atom. The summed E-state index contributed by atoms with van der Waals surface area (Å²) < 4.78 is 0. The van der Waals surface area contributed by atoms with Crippen molar-refractivity contribution in [1.29, 1.82) is 0 Å². The number of carbonyl (C=O) groups is 1. The lowest BCUT2D eigenvalue weighted by Crippen LogP contribution is -2.30. The number of aromatic nitrogens is 2. The maximum atomic E-state index is 11.4. The lowest BCUT2D eigenvalue weighted by atomic mass is 10.1. The summed E-state index contributed by atoms with van der Waals surface area (Å²) in [7, 11) is 0. The average Bonchev–Trinajstić information content (AvgIpc) is 2.48. The highest BCUT2D eigenvalue weighted by Crippen LogP contribution is 2.17. The fraction of sp³-hybridized carbons (Fsp3) is 0.214. The van der Waals surface area contributed by atoms with Crippen molar-refractivity contribution in [2.75, 3.05) is 0 Å². The van der Waals surface area contributed by atoms with E-state index < -0.39 is 5.91 Å². The maximum absolute atomic E-state index is 11.4. The van der Waals surface area contributed by atoms with Crippen LogP contribution in [-0.4, -0.2) is 15.9 Å². The third-order valence-electron chi connectivity index (χ3n) is 2.79. The summed E-state index contributed by atoms with van der Waals surface area (Å²) in [6.45, 7) is 2.15. The first-order chi connectivity index (χ1) is 9.24. The zero-order valence-corrected chi connectivity index (χ0v) is 10.8. The standard InChI is InChI=1S/C14H16N4O/c1-2-3-10-4-6-11(7-5-10)12-8-16-9-13(17-12)14(19)18-15/h4-9H,2-3,15H2,1H3,(H,18,19). The van der Waals surface area contributed by atoms with Gasteiger partial charge in [-0.1, -0.05) is 37.6 Å². The maximum Gasteiger partial charge on any atom is 0.285 e. The zero-order chi connectivity index (χ0) is 13.7. The van der Waals surface area contributed by atoms with Gasteiger partial charge in [0, 0.05) is 5.56 Å². The lowest BCUT2D eigenvalue weighted by Gasteiger charge is -2.04. The van der Waals surface area contributed by atoms with Crippen molar-refractivity contribution >= 4 is 5.91 Å². The van der Waals surface area contributed by atoms with E-state index in [0.29, 0.717) is 5.69 Å². The lowest BCUT2D eigenvalue weighted by molar-refractivity contribution is 0.0948. The van der Waals surface area contributed by atoms with Gasteiger partial charge in [0.25, 0.3) is 5.91 Å². The third-order valence-corrected chi connectivity index (χ3v) is 2.79. The molecule has 0 aliphatic heterocycles. The molecule has 0 aliphatic carbocycles. The van der Waals surface area contributed by atoms with Crippen molar-refractivity contribution in [3.8, 4) is 11.3 Å². The Hall–Kier alpha value is -2.27. The van der Waals surface area contributed by atoms with Gasteiger partial charge in [0.05, 0.1) is 18.1 Å². The molecule has 2 aromatic rings. The molecule has 5 nitrogen and oxygen atoms in total. The second-order valence-electron chi connectivity index (χ2n) is 4.21. The van der Waals surface area contributed by atoms with Crippen LogP contribution in [0.3, 0.4) is 0 Å². The van der Waals surface area contributed by atoms with Crippen LogP contribution in [0, 0.1) is 0 Å². The summed E-state index contributed by atoms with van der Waals surface area (Å²) >= 11 is 0. The number of nitrogens with zero attached hydrogens (tertiary/aromatic N) is 2. The van der Waals surface area contributed by atoms with Crippen LogP contribution in [0.15, 0.2) is 36.7 Å². The topological polar surface area (TPSA) is 80.9 Å². The number of amides is 1. The third kappa shape index (κ3) is 3.14. The first-order valence-electron chi connectivity index (χ1n) is 6.17. The molecule has 0 unspecified atom stereocenters. The predicted molar refractivity (Wildman–Crippen MR) is 73.1 cm³/mol. The Bertz CT molecular complexity index is 566. The van der Waals surface area contributed by atoms with E-state index in [1.807, 2.05) is 17.6 Å². The van der Waals surface area contributed by atoms with Crippen molar-refractivity contribution in [2.24, 2.45) is 5.84 Å². The number of rotatable bonds is 4. The van der Waals surface area contributed by atoms with Gasteiger partial charge in [0.1, 0.15) is 5.69 Å². The minimum atomic E-state index is -0.447. The minimum Gasteiger partial charge on any atom is -0.289 e. The van der Waals surface area contributed by atoms with Crippen LogP contribution in [-0.2, 0) is 6.42 Å². The van der Waals surface area contributed by atoms with Gasteiger partial charge < -0.3 is 0 Å². The Labute approximate surface area is 111 Å². The number of carbonyl (C=O) groups excluding carboxylic acids is 1. The molecule has 19 heavy (non-hydrogen) atoms. The van der Waals surface area contributed by atoms with E-state index in [0.717, 1.165) is 18.4 Å².